The Morgan fingerprint density at radius 1 is 1.17 bits per heavy atom. The Balaban J connectivity index is 1.86. The van der Waals surface area contributed by atoms with Gasteiger partial charge in [0.05, 0.1) is 0 Å². The minimum Gasteiger partial charge on any atom is -0.311 e. The first-order valence-corrected chi connectivity index (χ1v) is 7.17. The van der Waals surface area contributed by atoms with Crippen molar-refractivity contribution in [3.63, 3.8) is 0 Å². The average molecular weight is 246 g/mol. The van der Waals surface area contributed by atoms with E-state index in [0.29, 0.717) is 0 Å². The molecule has 0 unspecified atom stereocenters. The monoisotopic (exact) mass is 246 g/mol. The zero-order valence-corrected chi connectivity index (χ0v) is 11.8. The maximum atomic E-state index is 3.65. The van der Waals surface area contributed by atoms with Crippen LogP contribution in [-0.4, -0.2) is 36.6 Å². The van der Waals surface area contributed by atoms with Crippen LogP contribution in [0.4, 0.5) is 0 Å². The summed E-state index contributed by atoms with van der Waals surface area (Å²) in [6.45, 7) is 9.37. The van der Waals surface area contributed by atoms with E-state index in [4.69, 9.17) is 0 Å². The Morgan fingerprint density at radius 2 is 1.94 bits per heavy atom. The highest BCUT2D eigenvalue weighted by molar-refractivity contribution is 5.14. The SMILES string of the molecule is CC1(C)CN(CCc2ccccc2)CCCCN1. The molecule has 100 valence electrons. The van der Waals surface area contributed by atoms with Crippen LogP contribution in [-0.2, 0) is 6.42 Å². The molecule has 0 aliphatic carbocycles. The van der Waals surface area contributed by atoms with Crippen LogP contribution < -0.4 is 5.32 Å². The van der Waals surface area contributed by atoms with Gasteiger partial charge in [-0.25, -0.2) is 0 Å². The van der Waals surface area contributed by atoms with Gasteiger partial charge < -0.3 is 10.2 Å². The van der Waals surface area contributed by atoms with Gasteiger partial charge in [0.15, 0.2) is 0 Å². The van der Waals surface area contributed by atoms with Gasteiger partial charge in [-0.1, -0.05) is 30.3 Å². The molecule has 0 spiro atoms. The van der Waals surface area contributed by atoms with E-state index in [9.17, 15) is 0 Å². The van der Waals surface area contributed by atoms with Crippen LogP contribution in [0.15, 0.2) is 30.3 Å². The zero-order chi connectivity index (χ0) is 12.8. The molecule has 18 heavy (non-hydrogen) atoms. The van der Waals surface area contributed by atoms with Gasteiger partial charge in [-0.3, -0.25) is 0 Å². The lowest BCUT2D eigenvalue weighted by Crippen LogP contribution is -2.51. The lowest BCUT2D eigenvalue weighted by molar-refractivity contribution is 0.182. The Hall–Kier alpha value is -0.860. The van der Waals surface area contributed by atoms with Crippen molar-refractivity contribution in [1.29, 1.82) is 0 Å². The molecule has 0 bridgehead atoms. The molecule has 1 aliphatic rings. The standard InChI is InChI=1S/C16H26N2/c1-16(2)14-18(12-7-6-11-17-16)13-10-15-8-4-3-5-9-15/h3-5,8-9,17H,6-7,10-14H2,1-2H3. The van der Waals surface area contributed by atoms with Gasteiger partial charge in [0, 0.05) is 18.6 Å². The van der Waals surface area contributed by atoms with Crippen LogP contribution in [0.5, 0.6) is 0 Å². The number of rotatable bonds is 3. The first-order valence-electron chi connectivity index (χ1n) is 7.17. The molecule has 1 heterocycles. The molecule has 1 aromatic rings. The Labute approximate surface area is 111 Å². The molecule has 1 aromatic carbocycles. The Bertz CT molecular complexity index is 345. The van der Waals surface area contributed by atoms with Crippen molar-refractivity contribution < 1.29 is 0 Å². The highest BCUT2D eigenvalue weighted by Crippen LogP contribution is 2.11. The predicted molar refractivity (Wildman–Crippen MR) is 77.9 cm³/mol. The topological polar surface area (TPSA) is 15.3 Å². The van der Waals surface area contributed by atoms with E-state index >= 15 is 0 Å². The highest BCUT2D eigenvalue weighted by atomic mass is 15.2. The van der Waals surface area contributed by atoms with Gasteiger partial charge in [0.1, 0.15) is 0 Å². The van der Waals surface area contributed by atoms with Crippen LogP contribution in [0.3, 0.4) is 0 Å². The van der Waals surface area contributed by atoms with Gasteiger partial charge in [0.2, 0.25) is 0 Å². The van der Waals surface area contributed by atoms with Gasteiger partial charge in [0.25, 0.3) is 0 Å². The third-order valence-corrected chi connectivity index (χ3v) is 3.68. The molecule has 0 atom stereocenters. The van der Waals surface area contributed by atoms with E-state index in [2.05, 4.69) is 54.4 Å². The lowest BCUT2D eigenvalue weighted by Gasteiger charge is -2.36. The first-order chi connectivity index (χ1) is 8.66. The number of nitrogens with one attached hydrogen (secondary N) is 1. The van der Waals surface area contributed by atoms with E-state index < -0.39 is 0 Å². The third-order valence-electron chi connectivity index (χ3n) is 3.68. The van der Waals surface area contributed by atoms with Crippen LogP contribution in [0.25, 0.3) is 0 Å². The highest BCUT2D eigenvalue weighted by Gasteiger charge is 2.22. The second-order valence-electron chi connectivity index (χ2n) is 6.03. The molecule has 0 radical (unpaired) electrons. The molecule has 1 saturated heterocycles. The van der Waals surface area contributed by atoms with Crippen molar-refractivity contribution in [2.24, 2.45) is 0 Å². The maximum absolute atomic E-state index is 3.65. The molecule has 2 heteroatoms. The summed E-state index contributed by atoms with van der Waals surface area (Å²) in [6.07, 6.45) is 3.78. The zero-order valence-electron chi connectivity index (χ0n) is 11.8. The van der Waals surface area contributed by atoms with Gasteiger partial charge in [-0.05, 0) is 51.8 Å². The largest absolute Gasteiger partial charge is 0.311 e. The summed E-state index contributed by atoms with van der Waals surface area (Å²) in [6, 6.07) is 10.8. The summed E-state index contributed by atoms with van der Waals surface area (Å²) in [7, 11) is 0. The van der Waals surface area contributed by atoms with Crippen molar-refractivity contribution in [3.8, 4) is 0 Å². The number of benzene rings is 1. The molecule has 1 N–H and O–H groups in total. The van der Waals surface area contributed by atoms with Crippen LogP contribution in [0.1, 0.15) is 32.3 Å². The molecular formula is C16H26N2. The second-order valence-corrected chi connectivity index (χ2v) is 6.03. The fourth-order valence-corrected chi connectivity index (χ4v) is 2.70. The van der Waals surface area contributed by atoms with Crippen molar-refractivity contribution in [1.82, 2.24) is 10.2 Å². The molecular weight excluding hydrogens is 220 g/mol. The van der Waals surface area contributed by atoms with E-state index in [0.717, 1.165) is 13.0 Å². The molecule has 2 nitrogen and oxygen atoms in total. The van der Waals surface area contributed by atoms with E-state index in [1.165, 1.54) is 38.0 Å². The van der Waals surface area contributed by atoms with Crippen molar-refractivity contribution >= 4 is 0 Å². The Morgan fingerprint density at radius 3 is 2.72 bits per heavy atom. The summed E-state index contributed by atoms with van der Waals surface area (Å²) in [4.78, 5) is 2.61. The number of nitrogens with zero attached hydrogens (tertiary/aromatic N) is 1. The molecule has 1 aliphatic heterocycles. The first kappa shape index (κ1) is 13.6. The van der Waals surface area contributed by atoms with Crippen LogP contribution in [0.2, 0.25) is 0 Å². The minimum atomic E-state index is 0.247. The molecule has 0 saturated carbocycles. The van der Waals surface area contributed by atoms with E-state index in [-0.39, 0.29) is 5.54 Å². The summed E-state index contributed by atoms with van der Waals surface area (Å²) in [5, 5.41) is 3.65. The van der Waals surface area contributed by atoms with Gasteiger partial charge >= 0.3 is 0 Å². The summed E-state index contributed by atoms with van der Waals surface area (Å²) >= 11 is 0. The summed E-state index contributed by atoms with van der Waals surface area (Å²) in [5.41, 5.74) is 1.70. The van der Waals surface area contributed by atoms with E-state index in [1.807, 2.05) is 0 Å². The normalized spacial score (nSPS) is 21.2. The lowest BCUT2D eigenvalue weighted by atomic mass is 10.0. The average Bonchev–Trinajstić information content (AvgIpc) is 2.34. The van der Waals surface area contributed by atoms with Crippen LogP contribution >= 0.6 is 0 Å². The molecule has 0 amide bonds. The van der Waals surface area contributed by atoms with Gasteiger partial charge in [-0.15, -0.1) is 0 Å². The summed E-state index contributed by atoms with van der Waals surface area (Å²) in [5.74, 6) is 0. The molecule has 0 aromatic heterocycles. The minimum absolute atomic E-state index is 0.247. The Kier molecular flexibility index (Phi) is 4.79. The van der Waals surface area contributed by atoms with Crippen LogP contribution in [0, 0.1) is 0 Å². The summed E-state index contributed by atoms with van der Waals surface area (Å²) < 4.78 is 0. The van der Waals surface area contributed by atoms with Crippen molar-refractivity contribution in [3.05, 3.63) is 35.9 Å². The van der Waals surface area contributed by atoms with E-state index in [1.54, 1.807) is 0 Å². The third kappa shape index (κ3) is 4.43. The molecule has 2 rings (SSSR count). The van der Waals surface area contributed by atoms with Crippen molar-refractivity contribution in [2.75, 3.05) is 26.2 Å². The molecule has 1 fully saturated rings. The van der Waals surface area contributed by atoms with Crippen molar-refractivity contribution in [2.45, 2.75) is 38.6 Å². The number of hydrogen-bond donors (Lipinski definition) is 1. The fourth-order valence-electron chi connectivity index (χ4n) is 2.70. The number of hydrogen-bond acceptors (Lipinski definition) is 2. The van der Waals surface area contributed by atoms with Gasteiger partial charge in [-0.2, -0.15) is 0 Å². The maximum Gasteiger partial charge on any atom is 0.0252 e. The second kappa shape index (κ2) is 6.35. The fraction of sp³-hybridized carbons (Fsp3) is 0.625. The smallest absolute Gasteiger partial charge is 0.0252 e. The predicted octanol–water partition coefficient (Wildman–Crippen LogP) is 2.69. The quantitative estimate of drug-likeness (QED) is 0.882.